The third kappa shape index (κ3) is 4.13. The van der Waals surface area contributed by atoms with Crippen molar-refractivity contribution in [3.05, 3.63) is 30.1 Å². The summed E-state index contributed by atoms with van der Waals surface area (Å²) < 4.78 is 1.64. The molecule has 1 amide bonds. The van der Waals surface area contributed by atoms with Gasteiger partial charge in [-0.1, -0.05) is 6.07 Å². The Morgan fingerprint density at radius 2 is 2.22 bits per heavy atom. The van der Waals surface area contributed by atoms with Gasteiger partial charge >= 0.3 is 0 Å². The average molecular weight is 314 g/mol. The van der Waals surface area contributed by atoms with Gasteiger partial charge in [0.15, 0.2) is 5.82 Å². The first kappa shape index (κ1) is 15.6. The number of carbonyl (C=O) groups is 1. The SMILES string of the molecule is Cc1nnnn1-c1cccc(NC(=O)CCC2CCNCC2)c1. The molecule has 0 radical (unpaired) electrons. The molecule has 0 atom stereocenters. The molecule has 7 heteroatoms. The van der Waals surface area contributed by atoms with Crippen molar-refractivity contribution < 1.29 is 4.79 Å². The number of nitrogens with zero attached hydrogens (tertiary/aromatic N) is 4. The zero-order valence-electron chi connectivity index (χ0n) is 13.3. The quantitative estimate of drug-likeness (QED) is 0.877. The number of rotatable bonds is 5. The first-order valence-corrected chi connectivity index (χ1v) is 8.08. The Morgan fingerprint density at radius 1 is 1.39 bits per heavy atom. The smallest absolute Gasteiger partial charge is 0.224 e. The normalized spacial score (nSPS) is 15.5. The molecule has 23 heavy (non-hydrogen) atoms. The van der Waals surface area contributed by atoms with E-state index in [2.05, 4.69) is 26.2 Å². The highest BCUT2D eigenvalue weighted by Crippen LogP contribution is 2.19. The minimum absolute atomic E-state index is 0.0640. The van der Waals surface area contributed by atoms with E-state index in [-0.39, 0.29) is 5.91 Å². The molecule has 0 aliphatic carbocycles. The molecule has 0 spiro atoms. The molecule has 1 aliphatic heterocycles. The van der Waals surface area contributed by atoms with Crippen LogP contribution in [0.2, 0.25) is 0 Å². The molecular weight excluding hydrogens is 292 g/mol. The second-order valence-corrected chi connectivity index (χ2v) is 5.97. The zero-order valence-corrected chi connectivity index (χ0v) is 13.3. The Labute approximate surface area is 135 Å². The van der Waals surface area contributed by atoms with Gasteiger partial charge in [-0.2, -0.15) is 4.68 Å². The van der Waals surface area contributed by atoms with E-state index in [1.54, 1.807) is 4.68 Å². The first-order chi connectivity index (χ1) is 11.2. The molecule has 1 fully saturated rings. The lowest BCUT2D eigenvalue weighted by molar-refractivity contribution is -0.116. The van der Waals surface area contributed by atoms with Crippen LogP contribution in [0, 0.1) is 12.8 Å². The van der Waals surface area contributed by atoms with Crippen molar-refractivity contribution in [2.75, 3.05) is 18.4 Å². The molecule has 1 aliphatic rings. The lowest BCUT2D eigenvalue weighted by Crippen LogP contribution is -2.28. The topological polar surface area (TPSA) is 84.7 Å². The number of benzene rings is 1. The molecule has 7 nitrogen and oxygen atoms in total. The van der Waals surface area contributed by atoms with Gasteiger partial charge in [0.1, 0.15) is 0 Å². The monoisotopic (exact) mass is 314 g/mol. The summed E-state index contributed by atoms with van der Waals surface area (Å²) in [5.41, 5.74) is 1.61. The molecule has 1 saturated heterocycles. The van der Waals surface area contributed by atoms with Crippen LogP contribution in [-0.4, -0.2) is 39.2 Å². The van der Waals surface area contributed by atoms with Gasteiger partial charge in [0.05, 0.1) is 5.69 Å². The largest absolute Gasteiger partial charge is 0.326 e. The van der Waals surface area contributed by atoms with Crippen LogP contribution < -0.4 is 10.6 Å². The Bertz CT molecular complexity index is 662. The molecule has 1 aromatic carbocycles. The van der Waals surface area contributed by atoms with E-state index in [0.29, 0.717) is 18.2 Å². The zero-order chi connectivity index (χ0) is 16.1. The van der Waals surface area contributed by atoms with E-state index < -0.39 is 0 Å². The number of nitrogens with one attached hydrogen (secondary N) is 2. The predicted molar refractivity (Wildman–Crippen MR) is 87.3 cm³/mol. The van der Waals surface area contributed by atoms with Crippen molar-refractivity contribution >= 4 is 11.6 Å². The standard InChI is InChI=1S/C16H22N6O/c1-12-19-20-21-22(12)15-4-2-3-14(11-15)18-16(23)6-5-13-7-9-17-10-8-13/h2-4,11,13,17H,5-10H2,1H3,(H,18,23). The van der Waals surface area contributed by atoms with E-state index in [1.165, 1.54) is 12.8 Å². The van der Waals surface area contributed by atoms with Crippen LogP contribution in [0.5, 0.6) is 0 Å². The van der Waals surface area contributed by atoms with Gasteiger partial charge < -0.3 is 10.6 Å². The Kier molecular flexibility index (Phi) is 4.97. The highest BCUT2D eigenvalue weighted by Gasteiger charge is 2.14. The van der Waals surface area contributed by atoms with Gasteiger partial charge in [0, 0.05) is 12.1 Å². The Balaban J connectivity index is 1.57. The summed E-state index contributed by atoms with van der Waals surface area (Å²) in [7, 11) is 0. The molecule has 2 aromatic rings. The number of piperidine rings is 1. The number of tetrazole rings is 1. The van der Waals surface area contributed by atoms with Crippen molar-refractivity contribution in [3.63, 3.8) is 0 Å². The van der Waals surface area contributed by atoms with Crippen LogP contribution in [0.4, 0.5) is 5.69 Å². The Hall–Kier alpha value is -2.28. The maximum atomic E-state index is 12.1. The summed E-state index contributed by atoms with van der Waals surface area (Å²) in [4.78, 5) is 12.1. The molecule has 0 unspecified atom stereocenters. The van der Waals surface area contributed by atoms with Gasteiger partial charge in [0.2, 0.25) is 5.91 Å². The summed E-state index contributed by atoms with van der Waals surface area (Å²) in [6.45, 7) is 3.98. The van der Waals surface area contributed by atoms with E-state index >= 15 is 0 Å². The van der Waals surface area contributed by atoms with Gasteiger partial charge in [-0.3, -0.25) is 4.79 Å². The van der Waals surface area contributed by atoms with E-state index in [4.69, 9.17) is 0 Å². The number of anilines is 1. The molecule has 122 valence electrons. The fraction of sp³-hybridized carbons (Fsp3) is 0.500. The van der Waals surface area contributed by atoms with Gasteiger partial charge in [-0.05, 0) is 73.8 Å². The Morgan fingerprint density at radius 3 is 2.96 bits per heavy atom. The maximum Gasteiger partial charge on any atom is 0.224 e. The third-order valence-electron chi connectivity index (χ3n) is 4.24. The van der Waals surface area contributed by atoms with Crippen molar-refractivity contribution in [2.45, 2.75) is 32.6 Å². The van der Waals surface area contributed by atoms with Crippen molar-refractivity contribution in [1.82, 2.24) is 25.5 Å². The van der Waals surface area contributed by atoms with Crippen LogP contribution in [0.15, 0.2) is 24.3 Å². The number of aryl methyl sites for hydroxylation is 1. The first-order valence-electron chi connectivity index (χ1n) is 8.08. The molecule has 0 saturated carbocycles. The van der Waals surface area contributed by atoms with E-state index in [0.717, 1.165) is 30.9 Å². The van der Waals surface area contributed by atoms with Crippen LogP contribution in [0.25, 0.3) is 5.69 Å². The average Bonchev–Trinajstić information content (AvgIpc) is 3.00. The molecule has 2 N–H and O–H groups in total. The highest BCUT2D eigenvalue weighted by atomic mass is 16.1. The minimum Gasteiger partial charge on any atom is -0.326 e. The van der Waals surface area contributed by atoms with Crippen LogP contribution >= 0.6 is 0 Å². The van der Waals surface area contributed by atoms with E-state index in [1.807, 2.05) is 31.2 Å². The van der Waals surface area contributed by atoms with Crippen molar-refractivity contribution in [1.29, 1.82) is 0 Å². The van der Waals surface area contributed by atoms with Gasteiger partial charge in [-0.25, -0.2) is 0 Å². The summed E-state index contributed by atoms with van der Waals surface area (Å²) in [6.07, 6.45) is 3.86. The van der Waals surface area contributed by atoms with Gasteiger partial charge in [0.25, 0.3) is 0 Å². The molecule has 0 bridgehead atoms. The van der Waals surface area contributed by atoms with Crippen LogP contribution in [-0.2, 0) is 4.79 Å². The highest BCUT2D eigenvalue weighted by molar-refractivity contribution is 5.90. The fourth-order valence-corrected chi connectivity index (χ4v) is 2.91. The maximum absolute atomic E-state index is 12.1. The molecular formula is C16H22N6O. The summed E-state index contributed by atoms with van der Waals surface area (Å²) in [5, 5.41) is 17.8. The van der Waals surface area contributed by atoms with Gasteiger partial charge in [-0.15, -0.1) is 5.10 Å². The summed E-state index contributed by atoms with van der Waals surface area (Å²) >= 11 is 0. The van der Waals surface area contributed by atoms with Crippen LogP contribution in [0.3, 0.4) is 0 Å². The number of amides is 1. The fourth-order valence-electron chi connectivity index (χ4n) is 2.91. The van der Waals surface area contributed by atoms with Crippen molar-refractivity contribution in [3.8, 4) is 5.69 Å². The molecule has 1 aromatic heterocycles. The lowest BCUT2D eigenvalue weighted by atomic mass is 9.93. The second kappa shape index (κ2) is 7.32. The third-order valence-corrected chi connectivity index (χ3v) is 4.24. The summed E-state index contributed by atoms with van der Waals surface area (Å²) in [5.74, 6) is 1.44. The summed E-state index contributed by atoms with van der Waals surface area (Å²) in [6, 6.07) is 7.56. The second-order valence-electron chi connectivity index (χ2n) is 5.97. The van der Waals surface area contributed by atoms with Crippen LogP contribution in [0.1, 0.15) is 31.5 Å². The number of hydrogen-bond acceptors (Lipinski definition) is 5. The molecule has 3 rings (SSSR count). The minimum atomic E-state index is 0.0640. The van der Waals surface area contributed by atoms with E-state index in [9.17, 15) is 4.79 Å². The van der Waals surface area contributed by atoms with Crippen molar-refractivity contribution in [2.24, 2.45) is 5.92 Å². The number of hydrogen-bond donors (Lipinski definition) is 2. The number of carbonyl (C=O) groups excluding carboxylic acids is 1. The molecule has 2 heterocycles. The number of aromatic nitrogens is 4. The lowest BCUT2D eigenvalue weighted by Gasteiger charge is -2.22. The predicted octanol–water partition coefficient (Wildman–Crippen LogP) is 1.69.